The first-order valence-electron chi connectivity index (χ1n) is 9.69. The van der Waals surface area contributed by atoms with Gasteiger partial charge in [0.2, 0.25) is 0 Å². The summed E-state index contributed by atoms with van der Waals surface area (Å²) in [7, 11) is 0. The Labute approximate surface area is 223 Å². The highest BCUT2D eigenvalue weighted by Crippen LogP contribution is 2.19. The molecule has 1 N–H and O–H groups in total. The second-order valence-corrected chi connectivity index (χ2v) is 6.00. The molecular weight excluding hydrogens is 472 g/mol. The van der Waals surface area contributed by atoms with Crippen molar-refractivity contribution in [2.45, 2.75) is 6.92 Å². The lowest BCUT2D eigenvalue weighted by molar-refractivity contribution is 1.34. The molecule has 162 valence electrons. The monoisotopic (exact) mass is 480 g/mol. The summed E-state index contributed by atoms with van der Waals surface area (Å²) in [6, 6.07) is 3.78. The van der Waals surface area contributed by atoms with Gasteiger partial charge < -0.3 is 4.98 Å². The van der Waals surface area contributed by atoms with Crippen molar-refractivity contribution in [3.8, 4) is 155 Å². The van der Waals surface area contributed by atoms with Crippen LogP contribution in [0.2, 0.25) is 5.02 Å². The Kier molecular flexibility index (Phi) is 15.2. The van der Waals surface area contributed by atoms with Gasteiger partial charge in [0.25, 0.3) is 0 Å². The van der Waals surface area contributed by atoms with E-state index in [9.17, 15) is 0 Å². The number of hydrogen-bond acceptors (Lipinski definition) is 1. The molecule has 0 spiro atoms. The summed E-state index contributed by atoms with van der Waals surface area (Å²) in [6.07, 6.45) is 11.5. The van der Waals surface area contributed by atoms with Crippen LogP contribution in [0.5, 0.6) is 0 Å². The number of benzene rings is 1. The van der Waals surface area contributed by atoms with Crippen LogP contribution in [0.1, 0.15) is 5.56 Å². The molecule has 0 bridgehead atoms. The maximum atomic E-state index is 5.83. The Morgan fingerprint density at radius 2 is 0.892 bits per heavy atom. The number of aromatic nitrogens is 2. The van der Waals surface area contributed by atoms with Crippen molar-refractivity contribution in [2.75, 3.05) is 0 Å². The molecule has 2 nitrogen and oxygen atoms in total. The lowest BCUT2D eigenvalue weighted by atomic mass is 10.2. The molecule has 0 aliphatic carbocycles. The van der Waals surface area contributed by atoms with Gasteiger partial charge in [-0.2, -0.15) is 0 Å². The fraction of sp³-hybridized carbons (Fsp3) is 0.0294. The molecule has 0 saturated heterocycles. The number of halogens is 1. The van der Waals surface area contributed by atoms with Crippen LogP contribution in [0.15, 0.2) is 18.5 Å². The zero-order valence-corrected chi connectivity index (χ0v) is 20.0. The van der Waals surface area contributed by atoms with Gasteiger partial charge >= 0.3 is 0 Å². The Morgan fingerprint density at radius 3 is 1.22 bits per heavy atom. The standard InChI is InChI=1S/C26H2.C8H7ClN2/c1-3-5-7-9-11-13-15-17-19-21-23-25-26-24-22-20-18-16-14-12-10-8-6-4-2;1-5-2-6(9)3-7-8(5)11-4-10-7/h1-2H;2-4H,1H3,(H,10,11). The summed E-state index contributed by atoms with van der Waals surface area (Å²) in [6.45, 7) is 2.00. The number of H-pyrrole nitrogens is 1. The second kappa shape index (κ2) is 19.9. The molecule has 37 heavy (non-hydrogen) atoms. The van der Waals surface area contributed by atoms with Crippen molar-refractivity contribution in [1.29, 1.82) is 0 Å². The lowest BCUT2D eigenvalue weighted by Crippen LogP contribution is -1.76. The van der Waals surface area contributed by atoms with E-state index in [1.54, 1.807) is 6.33 Å². The van der Waals surface area contributed by atoms with Gasteiger partial charge in [-0.3, -0.25) is 0 Å². The molecule has 1 aromatic carbocycles. The zero-order chi connectivity index (χ0) is 26.8. The highest BCUT2D eigenvalue weighted by atomic mass is 35.5. The summed E-state index contributed by atoms with van der Waals surface area (Å²) in [5.74, 6) is 58.2. The smallest absolute Gasteiger partial charge is 0.0931 e. The van der Waals surface area contributed by atoms with Gasteiger partial charge in [-0.25, -0.2) is 4.98 Å². The zero-order valence-electron chi connectivity index (χ0n) is 19.2. The highest BCUT2D eigenvalue weighted by molar-refractivity contribution is 6.31. The van der Waals surface area contributed by atoms with Crippen molar-refractivity contribution in [2.24, 2.45) is 0 Å². The van der Waals surface area contributed by atoms with Gasteiger partial charge in [0.1, 0.15) is 0 Å². The van der Waals surface area contributed by atoms with Crippen LogP contribution >= 0.6 is 11.6 Å². The number of aryl methyl sites for hydroxylation is 1. The van der Waals surface area contributed by atoms with Crippen molar-refractivity contribution < 1.29 is 0 Å². The van der Waals surface area contributed by atoms with Gasteiger partial charge in [-0.05, 0) is 119 Å². The fourth-order valence-electron chi connectivity index (χ4n) is 1.88. The summed E-state index contributed by atoms with van der Waals surface area (Å²) >= 11 is 5.83. The first-order chi connectivity index (χ1) is 18.2. The number of nitrogens with one attached hydrogen (secondary N) is 1. The maximum absolute atomic E-state index is 5.83. The van der Waals surface area contributed by atoms with Crippen LogP contribution in [-0.2, 0) is 0 Å². The second-order valence-electron chi connectivity index (χ2n) is 5.56. The quantitative estimate of drug-likeness (QED) is 0.577. The molecule has 1 aromatic heterocycles. The summed E-state index contributed by atoms with van der Waals surface area (Å²) < 4.78 is 0. The Bertz CT molecular complexity index is 1870. The van der Waals surface area contributed by atoms with Crippen molar-refractivity contribution in [1.82, 2.24) is 9.97 Å². The lowest BCUT2D eigenvalue weighted by Gasteiger charge is -1.94. The Balaban J connectivity index is 0.000000506. The molecule has 0 amide bonds. The highest BCUT2D eigenvalue weighted by Gasteiger charge is 2.00. The fourth-order valence-corrected chi connectivity index (χ4v) is 2.15. The van der Waals surface area contributed by atoms with Gasteiger partial charge in [0, 0.05) is 52.4 Å². The van der Waals surface area contributed by atoms with E-state index in [1.165, 1.54) is 0 Å². The molecule has 0 saturated carbocycles. The number of hydrogen-bond donors (Lipinski definition) is 1. The molecular formula is C34H9ClN2. The van der Waals surface area contributed by atoms with Gasteiger partial charge in [-0.15, -0.1) is 12.8 Å². The van der Waals surface area contributed by atoms with E-state index >= 15 is 0 Å². The number of aromatic amines is 1. The molecule has 1 heterocycles. The van der Waals surface area contributed by atoms with Gasteiger partial charge in [0.05, 0.1) is 17.4 Å². The SMILES string of the molecule is C#CC#CC#CC#CC#CC#CC#CC#CC#CC#CC#CC#CC#C.Cc1cc(Cl)cc2[nH]cnc12. The number of fused-ring (bicyclic) bond motifs is 1. The topological polar surface area (TPSA) is 28.7 Å². The largest absolute Gasteiger partial charge is 0.345 e. The predicted octanol–water partition coefficient (Wildman–Crippen LogP) is 2.81. The van der Waals surface area contributed by atoms with Crippen LogP contribution in [0.4, 0.5) is 0 Å². The molecule has 0 unspecified atom stereocenters. The number of imidazole rings is 1. The minimum atomic E-state index is 0.749. The molecule has 2 aromatic rings. The van der Waals surface area contributed by atoms with Crippen molar-refractivity contribution >= 4 is 22.6 Å². The van der Waals surface area contributed by atoms with Gasteiger partial charge in [0.15, 0.2) is 0 Å². The summed E-state index contributed by atoms with van der Waals surface area (Å²) in [4.78, 5) is 7.15. The first kappa shape index (κ1) is 28.3. The predicted molar refractivity (Wildman–Crippen MR) is 149 cm³/mol. The van der Waals surface area contributed by atoms with Crippen molar-refractivity contribution in [3.05, 3.63) is 29.0 Å². The van der Waals surface area contributed by atoms with E-state index in [1.807, 2.05) is 19.1 Å². The third-order valence-corrected chi connectivity index (χ3v) is 3.35. The average molecular weight is 481 g/mol. The first-order valence-corrected chi connectivity index (χ1v) is 10.1. The summed E-state index contributed by atoms with van der Waals surface area (Å²) in [5, 5.41) is 0.749. The van der Waals surface area contributed by atoms with E-state index in [0.29, 0.717) is 0 Å². The molecule has 3 heteroatoms. The van der Waals surface area contributed by atoms with Crippen LogP contribution in [0.3, 0.4) is 0 Å². The minimum absolute atomic E-state index is 0.749. The van der Waals surface area contributed by atoms with E-state index in [4.69, 9.17) is 24.4 Å². The number of nitrogens with zero attached hydrogens (tertiary/aromatic N) is 1. The van der Waals surface area contributed by atoms with E-state index in [0.717, 1.165) is 21.6 Å². The summed E-state index contributed by atoms with van der Waals surface area (Å²) in [5.41, 5.74) is 3.10. The molecule has 0 aliphatic heterocycles. The molecule has 2 rings (SSSR count). The molecule has 0 atom stereocenters. The van der Waals surface area contributed by atoms with E-state index in [2.05, 4.69) is 152 Å². The van der Waals surface area contributed by atoms with Crippen molar-refractivity contribution in [3.63, 3.8) is 0 Å². The van der Waals surface area contributed by atoms with Crippen LogP contribution in [0, 0.1) is 162 Å². The molecule has 0 radical (unpaired) electrons. The van der Waals surface area contributed by atoms with Crippen LogP contribution in [-0.4, -0.2) is 9.97 Å². The number of rotatable bonds is 0. The minimum Gasteiger partial charge on any atom is -0.345 e. The van der Waals surface area contributed by atoms with E-state index in [-0.39, 0.29) is 0 Å². The van der Waals surface area contributed by atoms with E-state index < -0.39 is 0 Å². The normalized spacial score (nSPS) is 5.84. The van der Waals surface area contributed by atoms with Crippen LogP contribution in [0.25, 0.3) is 11.0 Å². The Morgan fingerprint density at radius 1 is 0.568 bits per heavy atom. The van der Waals surface area contributed by atoms with Crippen LogP contribution < -0.4 is 0 Å². The Hall–Kier alpha value is -6.74. The third-order valence-electron chi connectivity index (χ3n) is 3.14. The van der Waals surface area contributed by atoms with Gasteiger partial charge in [-0.1, -0.05) is 11.6 Å². The third kappa shape index (κ3) is 14.9. The maximum Gasteiger partial charge on any atom is 0.0931 e. The molecule has 0 fully saturated rings. The average Bonchev–Trinajstić information content (AvgIpc) is 3.36. The number of terminal acetylenes is 2. The molecule has 0 aliphatic rings.